The van der Waals surface area contributed by atoms with E-state index in [-0.39, 0.29) is 17.7 Å². The molecule has 0 aliphatic rings. The molecular formula is C17H14N6O10. The van der Waals surface area contributed by atoms with E-state index in [4.69, 9.17) is 0 Å². The van der Waals surface area contributed by atoms with Gasteiger partial charge in [0.25, 0.3) is 34.6 Å². The number of nitrogens with one attached hydrogen (secondary N) is 2. The molecule has 172 valence electrons. The molecule has 2 N–H and O–H groups in total. The van der Waals surface area contributed by atoms with Crippen molar-refractivity contribution in [2.45, 2.75) is 13.0 Å². The van der Waals surface area contributed by atoms with Crippen LogP contribution in [0.1, 0.15) is 27.6 Å². The maximum atomic E-state index is 12.3. The third-order valence-corrected chi connectivity index (χ3v) is 4.12. The zero-order chi connectivity index (χ0) is 24.9. The maximum absolute atomic E-state index is 12.3. The summed E-state index contributed by atoms with van der Waals surface area (Å²) < 4.78 is 0. The van der Waals surface area contributed by atoms with E-state index < -0.39 is 60.3 Å². The molecule has 2 aromatic rings. The van der Waals surface area contributed by atoms with Crippen molar-refractivity contribution >= 4 is 34.6 Å². The predicted molar refractivity (Wildman–Crippen MR) is 109 cm³/mol. The van der Waals surface area contributed by atoms with Gasteiger partial charge in [0.15, 0.2) is 0 Å². The Balaban J connectivity index is 2.11. The van der Waals surface area contributed by atoms with E-state index >= 15 is 0 Å². The van der Waals surface area contributed by atoms with Crippen molar-refractivity contribution in [2.24, 2.45) is 0 Å². The molecule has 2 rings (SSSR count). The van der Waals surface area contributed by atoms with Crippen LogP contribution in [0.25, 0.3) is 0 Å². The van der Waals surface area contributed by atoms with Gasteiger partial charge in [0.1, 0.15) is 0 Å². The number of carbonyl (C=O) groups excluding carboxylic acids is 2. The Morgan fingerprint density at radius 2 is 1.03 bits per heavy atom. The van der Waals surface area contributed by atoms with Gasteiger partial charge in [-0.15, -0.1) is 0 Å². The number of hydrogen-bond acceptors (Lipinski definition) is 10. The summed E-state index contributed by atoms with van der Waals surface area (Å²) in [6, 6.07) is 3.96. The zero-order valence-electron chi connectivity index (χ0n) is 16.6. The van der Waals surface area contributed by atoms with Crippen LogP contribution in [0.5, 0.6) is 0 Å². The van der Waals surface area contributed by atoms with Gasteiger partial charge in [0, 0.05) is 36.9 Å². The van der Waals surface area contributed by atoms with Crippen LogP contribution in [0.3, 0.4) is 0 Å². The van der Waals surface area contributed by atoms with Crippen molar-refractivity contribution in [2.75, 3.05) is 6.54 Å². The molecule has 16 nitrogen and oxygen atoms in total. The molecule has 0 heterocycles. The molecule has 33 heavy (non-hydrogen) atoms. The van der Waals surface area contributed by atoms with Crippen LogP contribution in [0, 0.1) is 40.5 Å². The van der Waals surface area contributed by atoms with Gasteiger partial charge in [-0.1, -0.05) is 0 Å². The topological polar surface area (TPSA) is 231 Å². The largest absolute Gasteiger partial charge is 0.350 e. The van der Waals surface area contributed by atoms with Gasteiger partial charge < -0.3 is 10.6 Å². The summed E-state index contributed by atoms with van der Waals surface area (Å²) in [5.41, 5.74) is -3.37. The van der Waals surface area contributed by atoms with Crippen LogP contribution in [0.2, 0.25) is 0 Å². The van der Waals surface area contributed by atoms with Crippen molar-refractivity contribution in [3.63, 3.8) is 0 Å². The molecule has 2 aromatic carbocycles. The summed E-state index contributed by atoms with van der Waals surface area (Å²) in [5.74, 6) is -1.79. The van der Waals surface area contributed by atoms with Crippen molar-refractivity contribution in [1.82, 2.24) is 10.6 Å². The Labute approximate surface area is 182 Å². The number of benzene rings is 2. The van der Waals surface area contributed by atoms with Gasteiger partial charge >= 0.3 is 0 Å². The van der Waals surface area contributed by atoms with E-state index in [0.29, 0.717) is 12.1 Å². The van der Waals surface area contributed by atoms with Gasteiger partial charge in [-0.05, 0) is 6.92 Å². The number of nitro groups is 4. The standard InChI is InChI=1S/C17H14N6O10/c1-9(19-17(25)11-4-14(22(30)31)7-15(5-11)23(32)33)8-18-16(24)10-2-12(20(26)27)6-13(3-10)21(28)29/h2-7,9H,8H2,1H3,(H,18,24)(H,19,25)/t9-/m0/s1. The Hall–Kier alpha value is -5.02. The van der Waals surface area contributed by atoms with Gasteiger partial charge in [-0.25, -0.2) is 0 Å². The molecule has 0 aliphatic carbocycles. The molecule has 0 fully saturated rings. The lowest BCUT2D eigenvalue weighted by Crippen LogP contribution is -2.41. The molecule has 0 aromatic heterocycles. The van der Waals surface area contributed by atoms with E-state index in [0.717, 1.165) is 24.3 Å². The van der Waals surface area contributed by atoms with E-state index in [2.05, 4.69) is 10.6 Å². The lowest BCUT2D eigenvalue weighted by atomic mass is 10.1. The molecule has 2 amide bonds. The van der Waals surface area contributed by atoms with Crippen LogP contribution in [-0.4, -0.2) is 44.1 Å². The van der Waals surface area contributed by atoms with Crippen LogP contribution in [0.4, 0.5) is 22.7 Å². The number of hydrogen-bond donors (Lipinski definition) is 2. The van der Waals surface area contributed by atoms with Crippen molar-refractivity contribution in [3.8, 4) is 0 Å². The molecule has 0 aliphatic heterocycles. The highest BCUT2D eigenvalue weighted by Gasteiger charge is 2.22. The SMILES string of the molecule is C[C@@H](CNC(=O)c1cc([N+](=O)[O-])cc([N+](=O)[O-])c1)NC(=O)c1cc([N+](=O)[O-])cc([N+](=O)[O-])c1. The van der Waals surface area contributed by atoms with Gasteiger partial charge in [0.2, 0.25) is 0 Å². The number of rotatable bonds is 9. The maximum Gasteiger partial charge on any atom is 0.277 e. The summed E-state index contributed by atoms with van der Waals surface area (Å²) in [7, 11) is 0. The number of non-ortho nitro benzene ring substituents is 4. The van der Waals surface area contributed by atoms with E-state index in [1.54, 1.807) is 0 Å². The van der Waals surface area contributed by atoms with Crippen LogP contribution in [0.15, 0.2) is 36.4 Å². The van der Waals surface area contributed by atoms with Crippen LogP contribution >= 0.6 is 0 Å². The first kappa shape index (κ1) is 24.3. The Morgan fingerprint density at radius 3 is 1.36 bits per heavy atom. The molecule has 1 atom stereocenters. The van der Waals surface area contributed by atoms with Crippen molar-refractivity contribution in [1.29, 1.82) is 0 Å². The molecule has 0 bridgehead atoms. The van der Waals surface area contributed by atoms with Crippen molar-refractivity contribution < 1.29 is 29.3 Å². The fraction of sp³-hybridized carbons (Fsp3) is 0.176. The minimum Gasteiger partial charge on any atom is -0.350 e. The van der Waals surface area contributed by atoms with Crippen molar-refractivity contribution in [3.05, 3.63) is 88.0 Å². The summed E-state index contributed by atoms with van der Waals surface area (Å²) >= 11 is 0. The predicted octanol–water partition coefficient (Wildman–Crippen LogP) is 1.87. The first-order valence-electron chi connectivity index (χ1n) is 8.86. The molecular weight excluding hydrogens is 448 g/mol. The van der Waals surface area contributed by atoms with Gasteiger partial charge in [0.05, 0.1) is 43.0 Å². The third-order valence-electron chi connectivity index (χ3n) is 4.12. The molecule has 0 radical (unpaired) electrons. The number of nitro benzene ring substituents is 4. The summed E-state index contributed by atoms with van der Waals surface area (Å²) in [4.78, 5) is 64.7. The molecule has 0 saturated carbocycles. The molecule has 0 spiro atoms. The average molecular weight is 462 g/mol. The van der Waals surface area contributed by atoms with Crippen LogP contribution in [-0.2, 0) is 0 Å². The molecule has 0 saturated heterocycles. The first-order valence-corrected chi connectivity index (χ1v) is 8.86. The van der Waals surface area contributed by atoms with Gasteiger partial charge in [-0.2, -0.15) is 0 Å². The summed E-state index contributed by atoms with van der Waals surface area (Å²) in [5, 5.41) is 48.4. The minimum absolute atomic E-state index is 0.238. The average Bonchev–Trinajstić information content (AvgIpc) is 2.76. The number of carbonyl (C=O) groups is 2. The lowest BCUT2D eigenvalue weighted by molar-refractivity contribution is -0.394. The fourth-order valence-corrected chi connectivity index (χ4v) is 2.58. The Morgan fingerprint density at radius 1 is 0.697 bits per heavy atom. The molecule has 16 heteroatoms. The van der Waals surface area contributed by atoms with E-state index in [1.807, 2.05) is 0 Å². The second-order valence-electron chi connectivity index (χ2n) is 6.59. The fourth-order valence-electron chi connectivity index (χ4n) is 2.58. The third kappa shape index (κ3) is 6.23. The number of amides is 2. The highest BCUT2D eigenvalue weighted by molar-refractivity contribution is 5.96. The minimum atomic E-state index is -0.898. The monoisotopic (exact) mass is 462 g/mol. The second kappa shape index (κ2) is 9.86. The zero-order valence-corrected chi connectivity index (χ0v) is 16.6. The van der Waals surface area contributed by atoms with Gasteiger partial charge in [-0.3, -0.25) is 50.0 Å². The van der Waals surface area contributed by atoms with E-state index in [1.165, 1.54) is 6.92 Å². The lowest BCUT2D eigenvalue weighted by Gasteiger charge is -2.15. The summed E-state index contributed by atoms with van der Waals surface area (Å²) in [6.07, 6.45) is 0. The second-order valence-corrected chi connectivity index (χ2v) is 6.59. The Kier molecular flexibility index (Phi) is 7.24. The normalized spacial score (nSPS) is 11.2. The summed E-state index contributed by atoms with van der Waals surface area (Å²) in [6.45, 7) is 1.19. The first-order chi connectivity index (χ1) is 15.4. The smallest absolute Gasteiger partial charge is 0.277 e. The molecule has 0 unspecified atom stereocenters. The van der Waals surface area contributed by atoms with E-state index in [9.17, 15) is 50.0 Å². The number of nitrogens with zero attached hydrogens (tertiary/aromatic N) is 4. The Bertz CT molecular complexity index is 1120. The van der Waals surface area contributed by atoms with Crippen LogP contribution < -0.4 is 10.6 Å². The quantitative estimate of drug-likeness (QED) is 0.405. The highest BCUT2D eigenvalue weighted by Crippen LogP contribution is 2.23. The highest BCUT2D eigenvalue weighted by atomic mass is 16.6.